The van der Waals surface area contributed by atoms with E-state index in [0.29, 0.717) is 38.8 Å². The molecular weight excluding hydrogens is 430 g/mol. The van der Waals surface area contributed by atoms with Gasteiger partial charge in [-0.15, -0.1) is 0 Å². The third-order valence-electron chi connectivity index (χ3n) is 3.65. The number of carbonyl (C=O) groups excluding carboxylic acids is 1. The smallest absolute Gasteiger partial charge is 0.316 e. The summed E-state index contributed by atoms with van der Waals surface area (Å²) in [5.74, 6) is 0.438. The van der Waals surface area contributed by atoms with Gasteiger partial charge in [-0.1, -0.05) is 29.4 Å². The van der Waals surface area contributed by atoms with E-state index in [9.17, 15) is 9.00 Å². The third-order valence-corrected chi connectivity index (χ3v) is 6.14. The molecule has 0 radical (unpaired) electrons. The van der Waals surface area contributed by atoms with Crippen molar-refractivity contribution in [2.24, 2.45) is 0 Å². The lowest BCUT2D eigenvalue weighted by Crippen LogP contribution is -2.08. The predicted octanol–water partition coefficient (Wildman–Crippen LogP) is 4.16. The molecule has 0 N–H and O–H groups in total. The topological polar surface area (TPSA) is 82.0 Å². The normalized spacial score (nSPS) is 11.8. The van der Waals surface area contributed by atoms with E-state index in [4.69, 9.17) is 16.3 Å². The number of rotatable bonds is 8. The minimum atomic E-state index is -1.30. The predicted molar refractivity (Wildman–Crippen MR) is 114 cm³/mol. The number of halogens is 1. The fraction of sp³-hybridized carbons (Fsp3) is 0.200. The number of carbonyl (C=O) groups is 1. The molecular formula is C20H18ClN3O3S2. The van der Waals surface area contributed by atoms with E-state index in [2.05, 4.69) is 15.0 Å². The highest BCUT2D eigenvalue weighted by atomic mass is 35.5. The van der Waals surface area contributed by atoms with Crippen LogP contribution in [-0.4, -0.2) is 37.5 Å². The second-order valence-electron chi connectivity index (χ2n) is 5.77. The van der Waals surface area contributed by atoms with Crippen LogP contribution in [0.15, 0.2) is 64.6 Å². The van der Waals surface area contributed by atoms with E-state index >= 15 is 0 Å². The quantitative estimate of drug-likeness (QED) is 0.291. The Hall–Kier alpha value is -2.29. The van der Waals surface area contributed by atoms with Crippen LogP contribution in [0.25, 0.3) is 11.5 Å². The van der Waals surface area contributed by atoms with Crippen molar-refractivity contribution in [2.75, 3.05) is 12.4 Å². The van der Waals surface area contributed by atoms with Crippen molar-refractivity contribution >= 4 is 40.1 Å². The lowest BCUT2D eigenvalue weighted by Gasteiger charge is -2.08. The zero-order valence-corrected chi connectivity index (χ0v) is 18.0. The Bertz CT molecular complexity index is 1000. The largest absolute Gasteiger partial charge is 0.465 e. The van der Waals surface area contributed by atoms with Crippen molar-refractivity contribution < 1.29 is 13.7 Å². The van der Waals surface area contributed by atoms with Crippen LogP contribution >= 0.6 is 23.4 Å². The second-order valence-corrected chi connectivity index (χ2v) is 8.66. The summed E-state index contributed by atoms with van der Waals surface area (Å²) >= 11 is 7.15. The SMILES string of the molecule is CCOC(=O)CSc1cc(CS(=O)c2ccc(Cl)cc2)nc(-c2ccccn2)n1. The van der Waals surface area contributed by atoms with E-state index < -0.39 is 10.8 Å². The minimum absolute atomic E-state index is 0.131. The Labute approximate surface area is 180 Å². The zero-order valence-electron chi connectivity index (χ0n) is 15.6. The van der Waals surface area contributed by atoms with E-state index in [1.54, 1.807) is 55.6 Å². The van der Waals surface area contributed by atoms with Gasteiger partial charge in [-0.3, -0.25) is 14.0 Å². The van der Waals surface area contributed by atoms with Gasteiger partial charge in [0.2, 0.25) is 0 Å². The Morgan fingerprint density at radius 1 is 1.17 bits per heavy atom. The Morgan fingerprint density at radius 3 is 2.66 bits per heavy atom. The number of pyridine rings is 1. The molecule has 0 amide bonds. The molecule has 0 fully saturated rings. The van der Waals surface area contributed by atoms with Crippen molar-refractivity contribution in [3.05, 3.63) is 65.4 Å². The monoisotopic (exact) mass is 447 g/mol. The average Bonchev–Trinajstić information content (AvgIpc) is 2.73. The van der Waals surface area contributed by atoms with Gasteiger partial charge in [-0.2, -0.15) is 0 Å². The van der Waals surface area contributed by atoms with Crippen molar-refractivity contribution in [2.45, 2.75) is 22.6 Å². The number of hydrogen-bond acceptors (Lipinski definition) is 7. The van der Waals surface area contributed by atoms with Crippen LogP contribution < -0.4 is 0 Å². The van der Waals surface area contributed by atoms with Gasteiger partial charge >= 0.3 is 5.97 Å². The lowest BCUT2D eigenvalue weighted by molar-refractivity contribution is -0.139. The lowest BCUT2D eigenvalue weighted by atomic mass is 10.3. The maximum Gasteiger partial charge on any atom is 0.316 e. The maximum atomic E-state index is 12.7. The highest BCUT2D eigenvalue weighted by molar-refractivity contribution is 7.99. The van der Waals surface area contributed by atoms with Gasteiger partial charge in [-0.25, -0.2) is 9.97 Å². The number of esters is 1. The fourth-order valence-electron chi connectivity index (χ4n) is 2.37. The first-order chi connectivity index (χ1) is 14.0. The molecule has 1 unspecified atom stereocenters. The molecule has 2 heterocycles. The third kappa shape index (κ3) is 6.35. The summed E-state index contributed by atoms with van der Waals surface area (Å²) in [6.07, 6.45) is 1.66. The van der Waals surface area contributed by atoms with Crippen LogP contribution in [0.4, 0.5) is 0 Å². The van der Waals surface area contributed by atoms with Crippen molar-refractivity contribution in [3.63, 3.8) is 0 Å². The summed E-state index contributed by atoms with van der Waals surface area (Å²) in [4.78, 5) is 25.7. The standard InChI is InChI=1S/C20H18ClN3O3S2/c1-2-27-19(25)12-28-18-11-15(13-29(26)16-8-6-14(21)7-9-16)23-20(24-18)17-5-3-4-10-22-17/h3-11H,2,12-13H2,1H3. The Kier molecular flexibility index (Phi) is 7.74. The van der Waals surface area contributed by atoms with Gasteiger partial charge in [0.25, 0.3) is 0 Å². The average molecular weight is 448 g/mol. The van der Waals surface area contributed by atoms with Gasteiger partial charge in [0.15, 0.2) is 5.82 Å². The van der Waals surface area contributed by atoms with Crippen molar-refractivity contribution in [1.82, 2.24) is 15.0 Å². The number of ether oxygens (including phenoxy) is 1. The van der Waals surface area contributed by atoms with Crippen LogP contribution in [0.1, 0.15) is 12.6 Å². The first kappa shape index (κ1) is 21.4. The molecule has 0 saturated carbocycles. The van der Waals surface area contributed by atoms with Gasteiger partial charge in [0.1, 0.15) is 10.7 Å². The molecule has 0 bridgehead atoms. The molecule has 0 aliphatic carbocycles. The summed E-state index contributed by atoms with van der Waals surface area (Å²) < 4.78 is 17.7. The molecule has 1 aromatic carbocycles. The summed E-state index contributed by atoms with van der Waals surface area (Å²) in [6, 6.07) is 14.1. The van der Waals surface area contributed by atoms with E-state index in [1.807, 2.05) is 6.07 Å². The van der Waals surface area contributed by atoms with Gasteiger partial charge < -0.3 is 4.74 Å². The molecule has 29 heavy (non-hydrogen) atoms. The van der Waals surface area contributed by atoms with E-state index in [0.717, 1.165) is 0 Å². The van der Waals surface area contributed by atoms with Crippen molar-refractivity contribution in [1.29, 1.82) is 0 Å². The number of benzene rings is 1. The number of aromatic nitrogens is 3. The fourth-order valence-corrected chi connectivity index (χ4v) is 4.24. The molecule has 150 valence electrons. The molecule has 3 rings (SSSR count). The molecule has 0 spiro atoms. The minimum Gasteiger partial charge on any atom is -0.465 e. The molecule has 2 aromatic heterocycles. The summed E-state index contributed by atoms with van der Waals surface area (Å²) in [5, 5.41) is 1.18. The molecule has 0 aliphatic heterocycles. The molecule has 9 heteroatoms. The summed E-state index contributed by atoms with van der Waals surface area (Å²) in [6.45, 7) is 2.09. The van der Waals surface area contributed by atoms with E-state index in [1.165, 1.54) is 11.8 Å². The maximum absolute atomic E-state index is 12.7. The summed E-state index contributed by atoms with van der Waals surface area (Å²) in [5.41, 5.74) is 1.20. The summed E-state index contributed by atoms with van der Waals surface area (Å²) in [7, 11) is -1.30. The first-order valence-corrected chi connectivity index (χ1v) is 11.4. The highest BCUT2D eigenvalue weighted by Gasteiger charge is 2.13. The van der Waals surface area contributed by atoms with Gasteiger partial charge in [0, 0.05) is 16.1 Å². The van der Waals surface area contributed by atoms with Crippen LogP contribution in [0.3, 0.4) is 0 Å². The molecule has 6 nitrogen and oxygen atoms in total. The van der Waals surface area contributed by atoms with Gasteiger partial charge in [0.05, 0.1) is 34.6 Å². The van der Waals surface area contributed by atoms with Crippen LogP contribution in [0, 0.1) is 0 Å². The number of hydrogen-bond donors (Lipinski definition) is 0. The molecule has 0 aliphatic rings. The van der Waals surface area contributed by atoms with Crippen LogP contribution in [0.5, 0.6) is 0 Å². The Balaban J connectivity index is 1.86. The van der Waals surface area contributed by atoms with Crippen LogP contribution in [-0.2, 0) is 26.1 Å². The van der Waals surface area contributed by atoms with Gasteiger partial charge in [-0.05, 0) is 49.4 Å². The Morgan fingerprint density at radius 2 is 1.97 bits per heavy atom. The molecule has 0 saturated heterocycles. The van der Waals surface area contributed by atoms with Crippen LogP contribution in [0.2, 0.25) is 5.02 Å². The number of thioether (sulfide) groups is 1. The first-order valence-electron chi connectivity index (χ1n) is 8.77. The molecule has 3 aromatic rings. The highest BCUT2D eigenvalue weighted by Crippen LogP contribution is 2.23. The molecule has 1 atom stereocenters. The van der Waals surface area contributed by atoms with Crippen molar-refractivity contribution in [3.8, 4) is 11.5 Å². The van der Waals surface area contributed by atoms with E-state index in [-0.39, 0.29) is 17.5 Å². The zero-order chi connectivity index (χ0) is 20.6. The second kappa shape index (κ2) is 10.5. The number of nitrogens with zero attached hydrogens (tertiary/aromatic N) is 3.